The molecule has 4 rings (SSSR count). The number of esters is 2. The van der Waals surface area contributed by atoms with Gasteiger partial charge in [-0.15, -0.1) is 11.3 Å². The van der Waals surface area contributed by atoms with Gasteiger partial charge in [-0.25, -0.2) is 9.97 Å². The minimum absolute atomic E-state index is 0.00644. The Labute approximate surface area is 292 Å². The molecule has 1 amide bonds. The van der Waals surface area contributed by atoms with Crippen LogP contribution in [-0.2, 0) is 28.6 Å². The Morgan fingerprint density at radius 3 is 2.48 bits per heavy atom. The van der Waals surface area contributed by atoms with Crippen LogP contribution >= 0.6 is 23.1 Å². The van der Waals surface area contributed by atoms with Crippen molar-refractivity contribution in [1.82, 2.24) is 30.0 Å². The third kappa shape index (κ3) is 13.2. The summed E-state index contributed by atoms with van der Waals surface area (Å²) in [5, 5.41) is 4.37. The number of nitrogens with zero attached hydrogens (tertiary/aromatic N) is 5. The monoisotopic (exact) mass is 702 g/mol. The Bertz CT molecular complexity index is 1440. The molecular weight excluding hydrogens is 653 g/mol. The highest BCUT2D eigenvalue weighted by atomic mass is 32.2. The van der Waals surface area contributed by atoms with Crippen LogP contribution in [0.25, 0.3) is 10.2 Å². The zero-order valence-electron chi connectivity index (χ0n) is 29.0. The van der Waals surface area contributed by atoms with Crippen molar-refractivity contribution in [3.63, 3.8) is 0 Å². The Balaban J connectivity index is 1.08. The van der Waals surface area contributed by atoms with E-state index in [-0.39, 0.29) is 36.8 Å². The zero-order valence-corrected chi connectivity index (χ0v) is 30.6. The highest BCUT2D eigenvalue weighted by Crippen LogP contribution is 2.31. The van der Waals surface area contributed by atoms with E-state index < -0.39 is 5.60 Å². The maximum atomic E-state index is 12.3. The van der Waals surface area contributed by atoms with Gasteiger partial charge >= 0.3 is 11.9 Å². The minimum Gasteiger partial charge on any atom is -0.465 e. The second-order valence-corrected chi connectivity index (χ2v) is 15.1. The summed E-state index contributed by atoms with van der Waals surface area (Å²) in [6, 6.07) is 1.92. The number of nitrogens with one attached hydrogen (secondary N) is 1. The van der Waals surface area contributed by atoms with Gasteiger partial charge in [-0.3, -0.25) is 24.2 Å². The number of amides is 1. The summed E-state index contributed by atoms with van der Waals surface area (Å²) in [5.74, 6) is 6.96. The van der Waals surface area contributed by atoms with Gasteiger partial charge in [0.15, 0.2) is 0 Å². The molecule has 0 spiro atoms. The normalized spacial score (nSPS) is 16.8. The van der Waals surface area contributed by atoms with Crippen LogP contribution in [0.3, 0.4) is 0 Å². The number of likely N-dealkylation sites (tertiary alicyclic amines) is 1. The van der Waals surface area contributed by atoms with Crippen molar-refractivity contribution in [1.29, 1.82) is 0 Å². The molecule has 2 aromatic heterocycles. The average Bonchev–Trinajstić information content (AvgIpc) is 3.44. The van der Waals surface area contributed by atoms with Gasteiger partial charge < -0.3 is 24.4 Å². The summed E-state index contributed by atoms with van der Waals surface area (Å²) >= 11 is 2.79. The molecule has 12 nitrogen and oxygen atoms in total. The standard InChI is InChI=1S/C34H50N6O6S2/c1-6-45-30(42)22-39-12-9-26(10-13-39)21-40-16-14-38(15-17-40)18-19-44-23-29(41)35-11-7-8-27-20-28-32(36-25(2)37-33(28)48-27)47-24-31(43)46-34(3,4)5/h20,26H,6,9-19,21-24H2,1-5H3,(H,35,41). The lowest BCUT2D eigenvalue weighted by Gasteiger charge is -2.38. The molecule has 0 unspecified atom stereocenters. The van der Waals surface area contributed by atoms with Crippen LogP contribution in [0.5, 0.6) is 0 Å². The summed E-state index contributed by atoms with van der Waals surface area (Å²) in [5.41, 5.74) is -0.534. The van der Waals surface area contributed by atoms with E-state index in [2.05, 4.69) is 41.8 Å². The first-order chi connectivity index (χ1) is 23.0. The summed E-state index contributed by atoms with van der Waals surface area (Å²) < 4.78 is 16.1. The third-order valence-corrected chi connectivity index (χ3v) is 9.84. The summed E-state index contributed by atoms with van der Waals surface area (Å²) in [6.07, 6.45) is 2.25. The molecule has 0 atom stereocenters. The molecule has 2 aliphatic heterocycles. The second kappa shape index (κ2) is 18.8. The molecule has 2 fully saturated rings. The topological polar surface area (TPSA) is 126 Å². The van der Waals surface area contributed by atoms with Crippen molar-refractivity contribution >= 4 is 51.2 Å². The van der Waals surface area contributed by atoms with Crippen molar-refractivity contribution in [3.8, 4) is 11.8 Å². The molecule has 0 aromatic carbocycles. The van der Waals surface area contributed by atoms with Gasteiger partial charge in [-0.2, -0.15) is 0 Å². The lowest BCUT2D eigenvalue weighted by Crippen LogP contribution is -2.49. The van der Waals surface area contributed by atoms with Gasteiger partial charge in [0, 0.05) is 44.7 Å². The fraction of sp³-hybridized carbons (Fsp3) is 0.676. The van der Waals surface area contributed by atoms with Gasteiger partial charge in [0.1, 0.15) is 27.9 Å². The fourth-order valence-corrected chi connectivity index (χ4v) is 7.46. The number of piperidine rings is 1. The van der Waals surface area contributed by atoms with E-state index in [9.17, 15) is 14.4 Å². The van der Waals surface area contributed by atoms with Crippen molar-refractivity contribution in [2.24, 2.45) is 5.92 Å². The van der Waals surface area contributed by atoms with E-state index in [4.69, 9.17) is 14.2 Å². The predicted molar refractivity (Wildman–Crippen MR) is 188 cm³/mol. The van der Waals surface area contributed by atoms with Gasteiger partial charge in [0.05, 0.1) is 36.9 Å². The lowest BCUT2D eigenvalue weighted by atomic mass is 9.96. The summed E-state index contributed by atoms with van der Waals surface area (Å²) in [6.45, 7) is 18.7. The zero-order chi connectivity index (χ0) is 34.5. The molecule has 2 aromatic rings. The molecule has 0 bridgehead atoms. The van der Waals surface area contributed by atoms with Crippen LogP contribution in [0.15, 0.2) is 11.1 Å². The number of aryl methyl sites for hydroxylation is 1. The van der Waals surface area contributed by atoms with E-state index in [0.717, 1.165) is 85.3 Å². The smallest absolute Gasteiger partial charge is 0.320 e. The van der Waals surface area contributed by atoms with Gasteiger partial charge in [0.2, 0.25) is 5.91 Å². The van der Waals surface area contributed by atoms with Crippen LogP contribution in [0.2, 0.25) is 0 Å². The number of rotatable bonds is 14. The first-order valence-electron chi connectivity index (χ1n) is 16.8. The molecule has 14 heteroatoms. The molecule has 2 saturated heterocycles. The number of hydrogen-bond acceptors (Lipinski definition) is 13. The van der Waals surface area contributed by atoms with Crippen LogP contribution in [0, 0.1) is 24.7 Å². The average molecular weight is 703 g/mol. The highest BCUT2D eigenvalue weighted by molar-refractivity contribution is 8.00. The quantitative estimate of drug-likeness (QED) is 0.102. The number of ether oxygens (including phenoxy) is 3. The summed E-state index contributed by atoms with van der Waals surface area (Å²) in [7, 11) is 0. The Morgan fingerprint density at radius 1 is 1.04 bits per heavy atom. The van der Waals surface area contributed by atoms with Crippen molar-refractivity contribution in [2.45, 2.75) is 58.1 Å². The van der Waals surface area contributed by atoms with E-state index in [1.807, 2.05) is 40.7 Å². The number of carbonyl (C=O) groups is 3. The minimum atomic E-state index is -0.534. The SMILES string of the molecule is CCOC(=O)CN1CCC(CN2CCN(CCOCC(=O)NCC#Cc3cc4c(SCC(=O)OC(C)(C)C)nc(C)nc4s3)CC2)CC1. The molecule has 2 aliphatic rings. The molecule has 0 saturated carbocycles. The number of piperazine rings is 1. The number of carbonyl (C=O) groups excluding carboxylic acids is 3. The maximum absolute atomic E-state index is 12.3. The number of hydrogen-bond donors (Lipinski definition) is 1. The molecule has 1 N–H and O–H groups in total. The maximum Gasteiger partial charge on any atom is 0.320 e. The van der Waals surface area contributed by atoms with Gasteiger partial charge in [-0.05, 0) is 72.5 Å². The predicted octanol–water partition coefficient (Wildman–Crippen LogP) is 2.81. The van der Waals surface area contributed by atoms with Crippen molar-refractivity contribution in [2.75, 3.05) is 91.0 Å². The van der Waals surface area contributed by atoms with Crippen LogP contribution < -0.4 is 5.32 Å². The van der Waals surface area contributed by atoms with Crippen LogP contribution in [-0.4, -0.2) is 139 Å². The molecule has 0 aliphatic carbocycles. The van der Waals surface area contributed by atoms with E-state index in [1.54, 1.807) is 0 Å². The number of thioether (sulfide) groups is 1. The molecule has 0 radical (unpaired) electrons. The van der Waals surface area contributed by atoms with E-state index in [0.29, 0.717) is 31.5 Å². The van der Waals surface area contributed by atoms with Crippen molar-refractivity contribution < 1.29 is 28.6 Å². The molecule has 48 heavy (non-hydrogen) atoms. The first kappa shape index (κ1) is 38.0. The second-order valence-electron chi connectivity index (χ2n) is 13.1. The Hall–Kier alpha value is -2.80. The molecule has 264 valence electrons. The summed E-state index contributed by atoms with van der Waals surface area (Å²) in [4.78, 5) is 54.0. The van der Waals surface area contributed by atoms with Crippen LogP contribution in [0.1, 0.15) is 51.2 Å². The first-order valence-corrected chi connectivity index (χ1v) is 18.6. The highest BCUT2D eigenvalue weighted by Gasteiger charge is 2.25. The van der Waals surface area contributed by atoms with Gasteiger partial charge in [0.25, 0.3) is 0 Å². The van der Waals surface area contributed by atoms with E-state index >= 15 is 0 Å². The molecule has 4 heterocycles. The van der Waals surface area contributed by atoms with Gasteiger partial charge in [-0.1, -0.05) is 23.6 Å². The fourth-order valence-electron chi connectivity index (χ4n) is 5.63. The van der Waals surface area contributed by atoms with Crippen LogP contribution in [0.4, 0.5) is 0 Å². The largest absolute Gasteiger partial charge is 0.465 e. The lowest BCUT2D eigenvalue weighted by molar-refractivity contribution is -0.151. The third-order valence-electron chi connectivity index (χ3n) is 7.93. The molecular formula is C34H50N6O6S2. The number of fused-ring (bicyclic) bond motifs is 1. The van der Waals surface area contributed by atoms with Crippen molar-refractivity contribution in [3.05, 3.63) is 16.8 Å². The Morgan fingerprint density at radius 2 is 1.77 bits per heavy atom. The number of thiophene rings is 1. The Kier molecular flexibility index (Phi) is 14.9. The van der Waals surface area contributed by atoms with E-state index in [1.165, 1.54) is 23.1 Å². The number of aromatic nitrogens is 2.